The topological polar surface area (TPSA) is 94.6 Å². The minimum absolute atomic E-state index is 0. The van der Waals surface area contributed by atoms with Crippen LogP contribution in [0.2, 0.25) is 0 Å². The van der Waals surface area contributed by atoms with E-state index in [1.807, 2.05) is 0 Å². The molecule has 2 saturated heterocycles. The lowest BCUT2D eigenvalue weighted by Gasteiger charge is -2.18. The minimum Gasteiger partial charge on any atom is -0.361 e. The first-order chi connectivity index (χ1) is 6.79. The summed E-state index contributed by atoms with van der Waals surface area (Å²) in [7, 11) is 0. The summed E-state index contributed by atoms with van der Waals surface area (Å²) in [5.74, 6) is 0. The highest BCUT2D eigenvalue weighted by Gasteiger charge is 2.05. The molecule has 0 radical (unpaired) electrons. The van der Waals surface area contributed by atoms with Gasteiger partial charge in [0.2, 0.25) is 0 Å². The Balaban J connectivity index is 0.000000245. The van der Waals surface area contributed by atoms with E-state index in [1.165, 1.54) is 0 Å². The molecule has 15 heavy (non-hydrogen) atoms. The number of hydrogen-bond acceptors (Lipinski definition) is 6. The number of morpholine rings is 2. The van der Waals surface area contributed by atoms with Crippen molar-refractivity contribution in [1.29, 1.82) is 0 Å². The van der Waals surface area contributed by atoms with Gasteiger partial charge in [-0.3, -0.25) is 0 Å². The van der Waals surface area contributed by atoms with Crippen molar-refractivity contribution in [2.24, 2.45) is 11.5 Å². The molecule has 92 valence electrons. The summed E-state index contributed by atoms with van der Waals surface area (Å²) in [6, 6.07) is 0. The Bertz CT molecular complexity index is 125. The molecular formula is C8H21ClN4O2. The summed E-state index contributed by atoms with van der Waals surface area (Å²) in [5.41, 5.74) is 10.7. The Labute approximate surface area is 96.4 Å². The second kappa shape index (κ2) is 9.29. The average Bonchev–Trinajstić information content (AvgIpc) is 2.21. The van der Waals surface area contributed by atoms with Crippen LogP contribution in [0.3, 0.4) is 0 Å². The van der Waals surface area contributed by atoms with Crippen molar-refractivity contribution in [3.63, 3.8) is 0 Å². The Morgan fingerprint density at radius 2 is 1.27 bits per heavy atom. The molecule has 0 saturated carbocycles. The zero-order valence-corrected chi connectivity index (χ0v) is 9.59. The van der Waals surface area contributed by atoms with Crippen LogP contribution in [0.5, 0.6) is 0 Å². The van der Waals surface area contributed by atoms with Crippen molar-refractivity contribution in [2.45, 2.75) is 12.5 Å². The van der Waals surface area contributed by atoms with Crippen LogP contribution in [0.15, 0.2) is 0 Å². The lowest BCUT2D eigenvalue weighted by Crippen LogP contribution is -2.43. The Morgan fingerprint density at radius 1 is 0.867 bits per heavy atom. The molecule has 2 unspecified atom stereocenters. The molecule has 2 aliphatic rings. The Hall–Kier alpha value is 0.0500. The molecule has 0 bridgehead atoms. The lowest BCUT2D eigenvalue weighted by atomic mass is 10.5. The van der Waals surface area contributed by atoms with E-state index < -0.39 is 0 Å². The Morgan fingerprint density at radius 3 is 1.40 bits per heavy atom. The molecule has 0 aromatic carbocycles. The van der Waals surface area contributed by atoms with E-state index in [2.05, 4.69) is 10.6 Å². The molecule has 2 aliphatic heterocycles. The first-order valence-electron chi connectivity index (χ1n) is 4.95. The molecule has 7 heteroatoms. The van der Waals surface area contributed by atoms with E-state index in [0.29, 0.717) is 0 Å². The maximum atomic E-state index is 5.35. The van der Waals surface area contributed by atoms with Gasteiger partial charge in [0.25, 0.3) is 0 Å². The van der Waals surface area contributed by atoms with E-state index in [9.17, 15) is 0 Å². The fourth-order valence-corrected chi connectivity index (χ4v) is 1.17. The van der Waals surface area contributed by atoms with Crippen LogP contribution in [0.25, 0.3) is 0 Å². The van der Waals surface area contributed by atoms with Gasteiger partial charge in [-0.25, -0.2) is 0 Å². The van der Waals surface area contributed by atoms with Crippen molar-refractivity contribution in [3.05, 3.63) is 0 Å². The van der Waals surface area contributed by atoms with Crippen molar-refractivity contribution in [2.75, 3.05) is 39.4 Å². The highest BCUT2D eigenvalue weighted by Crippen LogP contribution is 1.85. The number of ether oxygens (including phenoxy) is 2. The summed E-state index contributed by atoms with van der Waals surface area (Å²) in [6.07, 6.45) is -0.150. The molecule has 0 aromatic heterocycles. The summed E-state index contributed by atoms with van der Waals surface area (Å²) in [6.45, 7) is 4.96. The first-order valence-corrected chi connectivity index (χ1v) is 4.95. The predicted octanol–water partition coefficient (Wildman–Crippen LogP) is -1.80. The van der Waals surface area contributed by atoms with Gasteiger partial charge in [-0.2, -0.15) is 0 Å². The zero-order valence-electron chi connectivity index (χ0n) is 8.78. The van der Waals surface area contributed by atoms with Gasteiger partial charge in [-0.15, -0.1) is 12.4 Å². The number of nitrogens with one attached hydrogen (secondary N) is 2. The molecule has 2 atom stereocenters. The van der Waals surface area contributed by atoms with Gasteiger partial charge < -0.3 is 31.6 Å². The first kappa shape index (κ1) is 15.0. The third kappa shape index (κ3) is 7.92. The fourth-order valence-electron chi connectivity index (χ4n) is 1.17. The van der Waals surface area contributed by atoms with E-state index >= 15 is 0 Å². The van der Waals surface area contributed by atoms with Crippen LogP contribution < -0.4 is 22.1 Å². The van der Waals surface area contributed by atoms with Gasteiger partial charge in [0.15, 0.2) is 0 Å². The number of hydrogen-bond donors (Lipinski definition) is 4. The molecule has 0 aromatic rings. The molecule has 2 heterocycles. The summed E-state index contributed by atoms with van der Waals surface area (Å²) < 4.78 is 9.99. The third-order valence-electron chi connectivity index (χ3n) is 1.91. The molecule has 0 amide bonds. The van der Waals surface area contributed by atoms with Crippen LogP contribution in [-0.4, -0.2) is 51.8 Å². The van der Waals surface area contributed by atoms with Crippen LogP contribution in [0, 0.1) is 0 Å². The largest absolute Gasteiger partial charge is 0.361 e. The molecule has 0 aliphatic carbocycles. The maximum absolute atomic E-state index is 5.35. The SMILES string of the molecule is Cl.NC1CNCCO1.NC1CNCCO1. The third-order valence-corrected chi connectivity index (χ3v) is 1.91. The van der Waals surface area contributed by atoms with Crippen molar-refractivity contribution >= 4 is 12.4 Å². The van der Waals surface area contributed by atoms with E-state index in [0.717, 1.165) is 39.4 Å². The van der Waals surface area contributed by atoms with Gasteiger partial charge in [0.05, 0.1) is 13.2 Å². The fraction of sp³-hybridized carbons (Fsp3) is 1.00. The molecule has 0 spiro atoms. The Kier molecular flexibility index (Phi) is 9.32. The lowest BCUT2D eigenvalue weighted by molar-refractivity contribution is 0.0330. The molecular weight excluding hydrogens is 220 g/mol. The van der Waals surface area contributed by atoms with E-state index in [4.69, 9.17) is 20.9 Å². The summed E-state index contributed by atoms with van der Waals surface area (Å²) in [4.78, 5) is 0. The summed E-state index contributed by atoms with van der Waals surface area (Å²) in [5, 5.41) is 6.17. The predicted molar refractivity (Wildman–Crippen MR) is 60.8 cm³/mol. The smallest absolute Gasteiger partial charge is 0.118 e. The van der Waals surface area contributed by atoms with Gasteiger partial charge in [0, 0.05) is 26.2 Å². The van der Waals surface area contributed by atoms with Gasteiger partial charge in [0.1, 0.15) is 12.5 Å². The molecule has 2 fully saturated rings. The summed E-state index contributed by atoms with van der Waals surface area (Å²) >= 11 is 0. The van der Waals surface area contributed by atoms with Crippen LogP contribution in [-0.2, 0) is 9.47 Å². The van der Waals surface area contributed by atoms with Crippen molar-refractivity contribution in [1.82, 2.24) is 10.6 Å². The van der Waals surface area contributed by atoms with Gasteiger partial charge in [-0.05, 0) is 0 Å². The molecule has 2 rings (SSSR count). The maximum Gasteiger partial charge on any atom is 0.118 e. The van der Waals surface area contributed by atoms with Gasteiger partial charge >= 0.3 is 0 Å². The molecule has 6 nitrogen and oxygen atoms in total. The second-order valence-corrected chi connectivity index (χ2v) is 3.23. The normalized spacial score (nSPS) is 30.8. The standard InChI is InChI=1S/2C4H10N2O.ClH/c2*5-4-3-6-1-2-7-4;/h2*4,6H,1-3,5H2;1H. The van der Waals surface area contributed by atoms with E-state index in [1.54, 1.807) is 0 Å². The van der Waals surface area contributed by atoms with Gasteiger partial charge in [-0.1, -0.05) is 0 Å². The quantitative estimate of drug-likeness (QED) is 0.399. The van der Waals surface area contributed by atoms with Crippen LogP contribution in [0.4, 0.5) is 0 Å². The number of rotatable bonds is 0. The van der Waals surface area contributed by atoms with Crippen LogP contribution >= 0.6 is 12.4 Å². The van der Waals surface area contributed by atoms with Crippen molar-refractivity contribution < 1.29 is 9.47 Å². The zero-order chi connectivity index (χ0) is 10.2. The van der Waals surface area contributed by atoms with Crippen molar-refractivity contribution in [3.8, 4) is 0 Å². The second-order valence-electron chi connectivity index (χ2n) is 3.23. The highest BCUT2D eigenvalue weighted by atomic mass is 35.5. The average molecular weight is 241 g/mol. The minimum atomic E-state index is -0.0752. The van der Waals surface area contributed by atoms with E-state index in [-0.39, 0.29) is 24.9 Å². The highest BCUT2D eigenvalue weighted by molar-refractivity contribution is 5.85. The molecule has 6 N–H and O–H groups in total. The number of halogens is 1. The monoisotopic (exact) mass is 240 g/mol. The van der Waals surface area contributed by atoms with Crippen LogP contribution in [0.1, 0.15) is 0 Å². The number of nitrogens with two attached hydrogens (primary N) is 2.